The molecule has 0 N–H and O–H groups in total. The van der Waals surface area contributed by atoms with Crippen LogP contribution in [0.25, 0.3) is 0 Å². The van der Waals surface area contributed by atoms with E-state index in [4.69, 9.17) is 11.6 Å². The fourth-order valence-corrected chi connectivity index (χ4v) is 4.03. The molecule has 1 aromatic carbocycles. The first-order chi connectivity index (χ1) is 12.6. The summed E-state index contributed by atoms with van der Waals surface area (Å²) in [6.07, 6.45) is 27.8. The first-order valence-corrected chi connectivity index (χ1v) is 10.5. The van der Waals surface area contributed by atoms with Gasteiger partial charge in [0.1, 0.15) is 0 Å². The van der Waals surface area contributed by atoms with Gasteiger partial charge >= 0.3 is 0 Å². The van der Waals surface area contributed by atoms with Crippen molar-refractivity contribution in [2.75, 3.05) is 0 Å². The van der Waals surface area contributed by atoms with Crippen molar-refractivity contribution in [2.24, 2.45) is 10.8 Å². The molecule has 0 saturated carbocycles. The molecule has 3 rings (SSSR count). The van der Waals surface area contributed by atoms with Crippen molar-refractivity contribution in [1.29, 1.82) is 0 Å². The Morgan fingerprint density at radius 2 is 1.11 bits per heavy atom. The molecule has 0 fully saturated rings. The van der Waals surface area contributed by atoms with Crippen LogP contribution < -0.4 is 0 Å². The number of unbranched alkanes of at least 4 members (excludes halogenated alkanes) is 2. The van der Waals surface area contributed by atoms with E-state index in [2.05, 4.69) is 62.5 Å². The van der Waals surface area contributed by atoms with E-state index in [0.29, 0.717) is 10.8 Å². The standard InChI is InChI=1S/C19H28.C6H5Cl.Zr/c1-3-5-11-18(13-7-8-14-18)17-19(12-6-4-2)15-9-10-16-19;7-6-4-2-1-3-5-6;/h7-10,13-16H,3-6,11-12,17H2,1-2H3;1-5H;. The Labute approximate surface area is 190 Å². The molecule has 144 valence electrons. The fourth-order valence-electron chi connectivity index (χ4n) is 3.88. The summed E-state index contributed by atoms with van der Waals surface area (Å²) in [7, 11) is 0. The largest absolute Gasteiger partial charge is 0.0843 e. The van der Waals surface area contributed by atoms with Gasteiger partial charge in [0.15, 0.2) is 0 Å². The predicted octanol–water partition coefficient (Wildman–Crippen LogP) is 8.32. The zero-order valence-electron chi connectivity index (χ0n) is 16.8. The van der Waals surface area contributed by atoms with Crippen LogP contribution >= 0.6 is 11.6 Å². The Kier molecular flexibility index (Phi) is 11.5. The van der Waals surface area contributed by atoms with Crippen LogP contribution in [0.15, 0.2) is 78.9 Å². The van der Waals surface area contributed by atoms with Gasteiger partial charge in [-0.15, -0.1) is 0 Å². The number of hydrogen-bond acceptors (Lipinski definition) is 0. The molecule has 0 heterocycles. The van der Waals surface area contributed by atoms with Gasteiger partial charge in [-0.3, -0.25) is 0 Å². The van der Waals surface area contributed by atoms with Gasteiger partial charge in [-0.2, -0.15) is 0 Å². The summed E-state index contributed by atoms with van der Waals surface area (Å²) in [6.45, 7) is 4.58. The Bertz CT molecular complexity index is 578. The third-order valence-corrected chi connectivity index (χ3v) is 5.57. The van der Waals surface area contributed by atoms with Crippen molar-refractivity contribution in [1.82, 2.24) is 0 Å². The number of halogens is 1. The van der Waals surface area contributed by atoms with Crippen LogP contribution in [-0.4, -0.2) is 0 Å². The molecule has 0 aliphatic heterocycles. The maximum absolute atomic E-state index is 5.54. The molecule has 27 heavy (non-hydrogen) atoms. The molecule has 0 radical (unpaired) electrons. The zero-order chi connectivity index (χ0) is 18.7. The monoisotopic (exact) mass is 458 g/mol. The van der Waals surface area contributed by atoms with Crippen LogP contribution in [0.3, 0.4) is 0 Å². The van der Waals surface area contributed by atoms with Crippen molar-refractivity contribution in [3.63, 3.8) is 0 Å². The minimum Gasteiger partial charge on any atom is -0.0843 e. The normalized spacial score (nSPS) is 17.4. The van der Waals surface area contributed by atoms with Crippen molar-refractivity contribution < 1.29 is 26.2 Å². The van der Waals surface area contributed by atoms with E-state index in [0.717, 1.165) is 5.02 Å². The minimum atomic E-state index is 0. The van der Waals surface area contributed by atoms with Crippen LogP contribution in [0, 0.1) is 10.8 Å². The first kappa shape index (κ1) is 24.4. The molecular formula is C25H33ClZr. The fraction of sp³-hybridized carbons (Fsp3) is 0.440. The molecule has 0 bridgehead atoms. The maximum Gasteiger partial charge on any atom is 0.0405 e. The van der Waals surface area contributed by atoms with E-state index >= 15 is 0 Å². The van der Waals surface area contributed by atoms with Crippen LogP contribution in [0.1, 0.15) is 58.8 Å². The molecule has 0 atom stereocenters. The third kappa shape index (κ3) is 8.09. The van der Waals surface area contributed by atoms with Crippen molar-refractivity contribution in [3.8, 4) is 0 Å². The second-order valence-electron chi connectivity index (χ2n) is 7.58. The zero-order valence-corrected chi connectivity index (χ0v) is 20.0. The van der Waals surface area contributed by atoms with Gasteiger partial charge < -0.3 is 0 Å². The van der Waals surface area contributed by atoms with Gasteiger partial charge in [0.05, 0.1) is 0 Å². The summed E-state index contributed by atoms with van der Waals surface area (Å²) < 4.78 is 0. The number of hydrogen-bond donors (Lipinski definition) is 0. The van der Waals surface area contributed by atoms with Gasteiger partial charge in [0.2, 0.25) is 0 Å². The van der Waals surface area contributed by atoms with E-state index in [-0.39, 0.29) is 26.2 Å². The molecule has 0 unspecified atom stereocenters. The molecule has 2 aliphatic carbocycles. The molecule has 0 saturated heterocycles. The summed E-state index contributed by atoms with van der Waals surface area (Å²) in [5.74, 6) is 0. The van der Waals surface area contributed by atoms with E-state index in [1.54, 1.807) is 0 Å². The Hall–Kier alpha value is -0.647. The quantitative estimate of drug-likeness (QED) is 0.366. The number of rotatable bonds is 8. The molecule has 0 nitrogen and oxygen atoms in total. The Balaban J connectivity index is 0.000000385. The van der Waals surface area contributed by atoms with E-state index in [1.165, 1.54) is 44.9 Å². The summed E-state index contributed by atoms with van der Waals surface area (Å²) in [4.78, 5) is 0. The van der Waals surface area contributed by atoms with Gasteiger partial charge in [0.25, 0.3) is 0 Å². The summed E-state index contributed by atoms with van der Waals surface area (Å²) in [5, 5.41) is 0.794. The first-order valence-electron chi connectivity index (χ1n) is 10.1. The van der Waals surface area contributed by atoms with E-state index < -0.39 is 0 Å². The summed E-state index contributed by atoms with van der Waals surface area (Å²) in [6, 6.07) is 9.44. The average molecular weight is 460 g/mol. The van der Waals surface area contributed by atoms with Crippen LogP contribution in [0.5, 0.6) is 0 Å². The van der Waals surface area contributed by atoms with Crippen LogP contribution in [0.4, 0.5) is 0 Å². The summed E-state index contributed by atoms with van der Waals surface area (Å²) in [5.41, 5.74) is 0.617. The van der Waals surface area contributed by atoms with E-state index in [1.807, 2.05) is 30.3 Å². The molecule has 2 aliphatic rings. The molecule has 0 aromatic heterocycles. The molecular weight excluding hydrogens is 427 g/mol. The minimum absolute atomic E-state index is 0. The molecule has 1 aromatic rings. The molecule has 0 amide bonds. The van der Waals surface area contributed by atoms with Crippen molar-refractivity contribution >= 4 is 11.6 Å². The second kappa shape index (κ2) is 12.7. The van der Waals surface area contributed by atoms with Gasteiger partial charge in [-0.05, 0) is 31.4 Å². The maximum atomic E-state index is 5.54. The Morgan fingerprint density at radius 3 is 1.41 bits per heavy atom. The molecule has 2 heteroatoms. The van der Waals surface area contributed by atoms with Crippen LogP contribution in [-0.2, 0) is 26.2 Å². The van der Waals surface area contributed by atoms with Crippen molar-refractivity contribution in [3.05, 3.63) is 84.0 Å². The third-order valence-electron chi connectivity index (χ3n) is 5.32. The van der Waals surface area contributed by atoms with Gasteiger partial charge in [-0.25, -0.2) is 0 Å². The Morgan fingerprint density at radius 1 is 0.704 bits per heavy atom. The number of allylic oxidation sites excluding steroid dienone is 8. The summed E-state index contributed by atoms with van der Waals surface area (Å²) >= 11 is 5.54. The predicted molar refractivity (Wildman–Crippen MR) is 117 cm³/mol. The van der Waals surface area contributed by atoms with Gasteiger partial charge in [-0.1, -0.05) is 118 Å². The average Bonchev–Trinajstić information content (AvgIpc) is 3.30. The topological polar surface area (TPSA) is 0 Å². The van der Waals surface area contributed by atoms with E-state index in [9.17, 15) is 0 Å². The van der Waals surface area contributed by atoms with Crippen LogP contribution in [0.2, 0.25) is 5.02 Å². The second-order valence-corrected chi connectivity index (χ2v) is 8.02. The number of benzene rings is 1. The smallest absolute Gasteiger partial charge is 0.0405 e. The van der Waals surface area contributed by atoms with Gasteiger partial charge in [0, 0.05) is 42.1 Å². The van der Waals surface area contributed by atoms with Crippen molar-refractivity contribution in [2.45, 2.75) is 58.8 Å². The molecule has 0 spiro atoms. The SMILES string of the molecule is CCCCC1(CC2(CCCC)C=CC=C2)C=CC=C1.Clc1ccccc1.[Zr].